The van der Waals surface area contributed by atoms with Crippen LogP contribution in [0.3, 0.4) is 0 Å². The molecule has 0 spiro atoms. The molecule has 1 amide bonds. The van der Waals surface area contributed by atoms with E-state index in [4.69, 9.17) is 4.74 Å². The van der Waals surface area contributed by atoms with Crippen LogP contribution in [0.1, 0.15) is 112 Å². The van der Waals surface area contributed by atoms with Crippen molar-refractivity contribution in [2.75, 3.05) is 12.3 Å². The third-order valence-electron chi connectivity index (χ3n) is 13.1. The van der Waals surface area contributed by atoms with Gasteiger partial charge in [-0.25, -0.2) is 0 Å². The number of carbonyl (C=O) groups excluding carboxylic acids is 3. The Kier molecular flexibility index (Phi) is 9.98. The second-order valence-corrected chi connectivity index (χ2v) is 16.5. The highest BCUT2D eigenvalue weighted by molar-refractivity contribution is 8.00. The van der Waals surface area contributed by atoms with Crippen molar-refractivity contribution in [1.82, 2.24) is 10.6 Å². The lowest BCUT2D eigenvalue weighted by Gasteiger charge is -2.62. The third kappa shape index (κ3) is 6.06. The van der Waals surface area contributed by atoms with Gasteiger partial charge in [-0.1, -0.05) is 41.0 Å². The fourth-order valence-electron chi connectivity index (χ4n) is 9.88. The monoisotopic (exact) mass is 620 g/mol. The number of nitrogens with one attached hydrogen (secondary N) is 2. The number of carbonyl (C=O) groups is 3. The van der Waals surface area contributed by atoms with E-state index in [1.807, 2.05) is 0 Å². The quantitative estimate of drug-likeness (QED) is 0.309. The molecule has 5 aliphatic rings. The summed E-state index contributed by atoms with van der Waals surface area (Å²) in [5.74, 6) is 0.0913. The van der Waals surface area contributed by atoms with Crippen molar-refractivity contribution in [3.8, 4) is 0 Å². The van der Waals surface area contributed by atoms with Gasteiger partial charge in [0.05, 0.1) is 24.0 Å². The first-order valence-corrected chi connectivity index (χ1v) is 18.1. The van der Waals surface area contributed by atoms with E-state index in [9.17, 15) is 24.6 Å². The van der Waals surface area contributed by atoms with Crippen LogP contribution < -0.4 is 10.6 Å². The molecular formula is C34H56N2O6S. The highest BCUT2D eigenvalue weighted by Gasteiger charge is 2.68. The molecule has 4 N–H and O–H groups in total. The molecule has 0 aromatic rings. The van der Waals surface area contributed by atoms with Crippen molar-refractivity contribution in [3.05, 3.63) is 0 Å². The average Bonchev–Trinajstić information content (AvgIpc) is 3.36. The van der Waals surface area contributed by atoms with Crippen LogP contribution in [0.25, 0.3) is 0 Å². The lowest BCUT2D eigenvalue weighted by molar-refractivity contribution is -0.211. The molecule has 2 unspecified atom stereocenters. The van der Waals surface area contributed by atoms with Crippen LogP contribution in [-0.2, 0) is 19.1 Å². The molecule has 0 aromatic carbocycles. The van der Waals surface area contributed by atoms with E-state index >= 15 is 0 Å². The molecule has 5 rings (SSSR count). The SMILES string of the molecule is CC[C@]1(C)C[C@@H](OC(=O)CS[C@H]2C[C@@H](NC(=O)[C@H]3CCCCN3)CC[C@H]2O)[C@]2(C)C(C)CCC3(CCC(=O)[C@H]32)[C@@H](C)[C@@H]1O. The Balaban J connectivity index is 1.28. The molecule has 4 aliphatic carbocycles. The average molecular weight is 621 g/mol. The molecule has 9 heteroatoms. The molecule has 43 heavy (non-hydrogen) atoms. The van der Waals surface area contributed by atoms with Crippen LogP contribution in [0.5, 0.6) is 0 Å². The van der Waals surface area contributed by atoms with E-state index in [2.05, 4.69) is 45.3 Å². The van der Waals surface area contributed by atoms with Gasteiger partial charge in [0.25, 0.3) is 0 Å². The van der Waals surface area contributed by atoms with Gasteiger partial charge >= 0.3 is 5.97 Å². The molecule has 4 saturated carbocycles. The minimum absolute atomic E-state index is 0.00283. The van der Waals surface area contributed by atoms with Crippen LogP contribution >= 0.6 is 11.8 Å². The molecule has 1 saturated heterocycles. The van der Waals surface area contributed by atoms with Crippen LogP contribution in [0.2, 0.25) is 0 Å². The topological polar surface area (TPSA) is 125 Å². The summed E-state index contributed by atoms with van der Waals surface area (Å²) >= 11 is 1.42. The normalized spacial score (nSPS) is 46.8. The van der Waals surface area contributed by atoms with Gasteiger partial charge < -0.3 is 25.6 Å². The first-order valence-electron chi connectivity index (χ1n) is 17.1. The number of aliphatic hydroxyl groups is 2. The first kappa shape index (κ1) is 33.2. The largest absolute Gasteiger partial charge is 0.461 e. The third-order valence-corrected chi connectivity index (χ3v) is 14.5. The van der Waals surface area contributed by atoms with Gasteiger partial charge in [-0.05, 0) is 93.4 Å². The summed E-state index contributed by atoms with van der Waals surface area (Å²) in [5.41, 5.74) is -1.19. The highest BCUT2D eigenvalue weighted by Crippen LogP contribution is 2.68. The molecule has 12 atom stereocenters. The number of aliphatic hydroxyl groups excluding tert-OH is 2. The van der Waals surface area contributed by atoms with Crippen LogP contribution in [0.15, 0.2) is 0 Å². The molecule has 1 heterocycles. The standard InChI is InChI=1S/C34H56N2O6S/c1-6-32(4)18-27(33(5)20(2)12-14-34(21(3)30(32)40)15-13-25(38)29(33)34)42-28(39)19-43-26-17-22(10-11-24(26)37)36-31(41)23-9-7-8-16-35-23/h20-24,26-27,29-30,35,37,40H,6-19H2,1-5H3,(H,36,41)/t20?,21-,22-,23+,24+,26-,27+,29-,30-,32+,33-,34?/m0/s1. The van der Waals surface area contributed by atoms with E-state index in [0.29, 0.717) is 25.7 Å². The Hall–Kier alpha value is -1.16. The van der Waals surface area contributed by atoms with Gasteiger partial charge in [0.15, 0.2) is 0 Å². The Morgan fingerprint density at radius 1 is 1.09 bits per heavy atom. The van der Waals surface area contributed by atoms with Crippen molar-refractivity contribution in [2.24, 2.45) is 34.0 Å². The van der Waals surface area contributed by atoms with Crippen molar-refractivity contribution in [3.63, 3.8) is 0 Å². The Morgan fingerprint density at radius 3 is 2.56 bits per heavy atom. The molecule has 244 valence electrons. The number of esters is 1. The van der Waals surface area contributed by atoms with E-state index in [0.717, 1.165) is 57.9 Å². The maximum absolute atomic E-state index is 13.6. The first-order chi connectivity index (χ1) is 20.4. The molecule has 0 radical (unpaired) electrons. The molecule has 0 aromatic heterocycles. The Morgan fingerprint density at radius 2 is 1.86 bits per heavy atom. The molecule has 8 nitrogen and oxygen atoms in total. The smallest absolute Gasteiger partial charge is 0.316 e. The number of ether oxygens (including phenoxy) is 1. The van der Waals surface area contributed by atoms with Crippen molar-refractivity contribution >= 4 is 29.4 Å². The highest BCUT2D eigenvalue weighted by atomic mass is 32.2. The maximum atomic E-state index is 13.6. The Labute approximate surface area is 262 Å². The summed E-state index contributed by atoms with van der Waals surface area (Å²) in [7, 11) is 0. The number of Topliss-reactive ketones (excluding diaryl/α,β-unsaturated/α-hetero) is 1. The van der Waals surface area contributed by atoms with E-state index in [-0.39, 0.29) is 63.9 Å². The van der Waals surface area contributed by atoms with Gasteiger partial charge in [-0.15, -0.1) is 11.8 Å². The van der Waals surface area contributed by atoms with Crippen LogP contribution in [0, 0.1) is 34.0 Å². The fraction of sp³-hybridized carbons (Fsp3) is 0.912. The predicted octanol–water partition coefficient (Wildman–Crippen LogP) is 4.39. The van der Waals surface area contributed by atoms with Crippen molar-refractivity contribution in [1.29, 1.82) is 0 Å². The molecule has 1 aliphatic heterocycles. The van der Waals surface area contributed by atoms with Gasteiger partial charge in [-0.2, -0.15) is 0 Å². The van der Waals surface area contributed by atoms with Crippen LogP contribution in [0.4, 0.5) is 0 Å². The minimum atomic E-state index is -0.576. The zero-order valence-corrected chi connectivity index (χ0v) is 27.8. The second-order valence-electron chi connectivity index (χ2n) is 15.3. The Bertz CT molecular complexity index is 1050. The molecular weight excluding hydrogens is 564 g/mol. The number of rotatable bonds is 7. The number of piperidine rings is 1. The van der Waals surface area contributed by atoms with E-state index in [1.54, 1.807) is 0 Å². The maximum Gasteiger partial charge on any atom is 0.316 e. The van der Waals surface area contributed by atoms with Crippen LogP contribution in [-0.4, -0.2) is 75.8 Å². The van der Waals surface area contributed by atoms with Gasteiger partial charge in [-0.3, -0.25) is 14.4 Å². The summed E-state index contributed by atoms with van der Waals surface area (Å²) in [6, 6.07) is -0.161. The fourth-order valence-corrected chi connectivity index (χ4v) is 11.0. The lowest BCUT2D eigenvalue weighted by atomic mass is 9.43. The number of hydrogen-bond donors (Lipinski definition) is 4. The van der Waals surface area contributed by atoms with Gasteiger partial charge in [0, 0.05) is 29.0 Å². The summed E-state index contributed by atoms with van der Waals surface area (Å²) < 4.78 is 6.43. The van der Waals surface area contributed by atoms with Crippen molar-refractivity contribution < 1.29 is 29.3 Å². The second kappa shape index (κ2) is 12.9. The number of thioether (sulfide) groups is 1. The van der Waals surface area contributed by atoms with Gasteiger partial charge in [0.2, 0.25) is 5.91 Å². The van der Waals surface area contributed by atoms with E-state index < -0.39 is 29.1 Å². The predicted molar refractivity (Wildman–Crippen MR) is 168 cm³/mol. The molecule has 5 fully saturated rings. The lowest BCUT2D eigenvalue weighted by Crippen LogP contribution is -2.63. The number of amides is 1. The minimum Gasteiger partial charge on any atom is -0.461 e. The van der Waals surface area contributed by atoms with Gasteiger partial charge in [0.1, 0.15) is 11.9 Å². The zero-order chi connectivity index (χ0) is 31.2. The number of ketones is 1. The summed E-state index contributed by atoms with van der Waals surface area (Å²) in [5, 5.41) is 28.9. The summed E-state index contributed by atoms with van der Waals surface area (Å²) in [6.07, 6.45) is 7.89. The van der Waals surface area contributed by atoms with Crippen molar-refractivity contribution in [2.45, 2.75) is 147 Å². The summed E-state index contributed by atoms with van der Waals surface area (Å²) in [6.45, 7) is 11.6. The molecule has 2 bridgehead atoms. The van der Waals surface area contributed by atoms with E-state index in [1.165, 1.54) is 11.8 Å². The summed E-state index contributed by atoms with van der Waals surface area (Å²) in [4.78, 5) is 40.0. The number of hydrogen-bond acceptors (Lipinski definition) is 8. The zero-order valence-electron chi connectivity index (χ0n) is 27.0.